The van der Waals surface area contributed by atoms with Crippen molar-refractivity contribution in [1.29, 1.82) is 0 Å². The number of piperidine rings is 1. The zero-order valence-electron chi connectivity index (χ0n) is 13.8. The van der Waals surface area contributed by atoms with Crippen molar-refractivity contribution in [3.05, 3.63) is 23.8 Å². The van der Waals surface area contributed by atoms with Gasteiger partial charge < -0.3 is 10.5 Å². The average molecular weight is 340 g/mol. The fraction of sp³-hybridized carbons (Fsp3) is 0.562. The Balaban J connectivity index is 2.25. The van der Waals surface area contributed by atoms with E-state index in [1.165, 1.54) is 4.31 Å². The van der Waals surface area contributed by atoms with Gasteiger partial charge in [-0.2, -0.15) is 4.31 Å². The summed E-state index contributed by atoms with van der Waals surface area (Å²) in [7, 11) is -3.63. The Hall–Kier alpha value is -1.60. The number of benzene rings is 1. The number of rotatable bonds is 5. The Labute approximate surface area is 137 Å². The Morgan fingerprint density at radius 1 is 1.39 bits per heavy atom. The van der Waals surface area contributed by atoms with Crippen LogP contribution >= 0.6 is 0 Å². The first kappa shape index (κ1) is 17.7. The van der Waals surface area contributed by atoms with E-state index in [2.05, 4.69) is 0 Å². The monoisotopic (exact) mass is 340 g/mol. The van der Waals surface area contributed by atoms with Crippen LogP contribution < -0.4 is 10.5 Å². The Morgan fingerprint density at radius 2 is 2.09 bits per heavy atom. The molecule has 0 aromatic heterocycles. The van der Waals surface area contributed by atoms with Crippen LogP contribution in [0.4, 0.5) is 0 Å². The van der Waals surface area contributed by atoms with Crippen LogP contribution in [0.25, 0.3) is 0 Å². The summed E-state index contributed by atoms with van der Waals surface area (Å²) in [6.45, 7) is 6.22. The number of primary amides is 1. The van der Waals surface area contributed by atoms with E-state index in [-0.39, 0.29) is 17.5 Å². The highest BCUT2D eigenvalue weighted by Crippen LogP contribution is 2.27. The highest BCUT2D eigenvalue weighted by atomic mass is 32.2. The van der Waals surface area contributed by atoms with Gasteiger partial charge in [-0.3, -0.25) is 4.79 Å². The minimum Gasteiger partial charge on any atom is -0.491 e. The molecule has 1 aliphatic heterocycles. The Morgan fingerprint density at radius 3 is 2.65 bits per heavy atom. The highest BCUT2D eigenvalue weighted by Gasteiger charge is 2.32. The lowest BCUT2D eigenvalue weighted by Gasteiger charge is -2.30. The van der Waals surface area contributed by atoms with E-state index in [1.54, 1.807) is 18.2 Å². The summed E-state index contributed by atoms with van der Waals surface area (Å²) in [4.78, 5) is 11.6. The molecular formula is C16H24N2O4S. The second-order valence-electron chi connectivity index (χ2n) is 6.20. The van der Waals surface area contributed by atoms with Gasteiger partial charge >= 0.3 is 0 Å². The van der Waals surface area contributed by atoms with Crippen molar-refractivity contribution >= 4 is 15.9 Å². The second kappa shape index (κ2) is 6.88. The Bertz CT molecular complexity index is 685. The molecule has 0 saturated carbocycles. The van der Waals surface area contributed by atoms with Gasteiger partial charge in [0, 0.05) is 13.1 Å². The van der Waals surface area contributed by atoms with Gasteiger partial charge in [-0.25, -0.2) is 8.42 Å². The molecule has 1 aromatic rings. The summed E-state index contributed by atoms with van der Waals surface area (Å²) in [6, 6.07) is 4.84. The molecule has 0 unspecified atom stereocenters. The van der Waals surface area contributed by atoms with Crippen LogP contribution in [-0.4, -0.2) is 37.8 Å². The van der Waals surface area contributed by atoms with E-state index in [1.807, 2.05) is 20.8 Å². The van der Waals surface area contributed by atoms with Gasteiger partial charge in [-0.15, -0.1) is 0 Å². The molecule has 2 rings (SSSR count). The smallest absolute Gasteiger partial charge is 0.243 e. The van der Waals surface area contributed by atoms with Gasteiger partial charge in [0.15, 0.2) is 0 Å². The molecule has 2 N–H and O–H groups in total. The summed E-state index contributed by atoms with van der Waals surface area (Å²) in [6.07, 6.45) is 1.30. The second-order valence-corrected chi connectivity index (χ2v) is 8.14. The lowest BCUT2D eigenvalue weighted by Crippen LogP contribution is -2.44. The molecule has 1 amide bonds. The lowest BCUT2D eigenvalue weighted by molar-refractivity contribution is -0.122. The topological polar surface area (TPSA) is 89.7 Å². The van der Waals surface area contributed by atoms with Gasteiger partial charge in [0.2, 0.25) is 15.9 Å². The molecule has 1 saturated heterocycles. The first-order valence-corrected chi connectivity index (χ1v) is 9.22. The van der Waals surface area contributed by atoms with Crippen molar-refractivity contribution in [2.75, 3.05) is 13.1 Å². The molecule has 0 spiro atoms. The minimum atomic E-state index is -3.63. The maximum absolute atomic E-state index is 12.8. The van der Waals surface area contributed by atoms with Crippen LogP contribution in [0.3, 0.4) is 0 Å². The molecular weight excluding hydrogens is 316 g/mol. The zero-order valence-corrected chi connectivity index (χ0v) is 14.6. The number of carbonyl (C=O) groups is 1. The third-order valence-electron chi connectivity index (χ3n) is 3.93. The van der Waals surface area contributed by atoms with Crippen LogP contribution in [0.5, 0.6) is 5.75 Å². The SMILES string of the molecule is Cc1cc(S(=O)(=O)N2CCC[C@@H](C(N)=O)C2)ccc1OC(C)C. The number of nitrogens with zero attached hydrogens (tertiary/aromatic N) is 1. The van der Waals surface area contributed by atoms with Crippen LogP contribution in [0.1, 0.15) is 32.3 Å². The van der Waals surface area contributed by atoms with Crippen LogP contribution in [0, 0.1) is 12.8 Å². The van der Waals surface area contributed by atoms with E-state index in [0.717, 1.165) is 5.56 Å². The number of amides is 1. The number of aryl methyl sites for hydroxylation is 1. The molecule has 0 aliphatic carbocycles. The molecule has 0 bridgehead atoms. The van der Waals surface area contributed by atoms with Crippen molar-refractivity contribution in [3.8, 4) is 5.75 Å². The van der Waals surface area contributed by atoms with Gasteiger partial charge in [0.25, 0.3) is 0 Å². The number of hydrogen-bond acceptors (Lipinski definition) is 4. The van der Waals surface area contributed by atoms with E-state index in [4.69, 9.17) is 10.5 Å². The first-order valence-electron chi connectivity index (χ1n) is 7.78. The molecule has 1 heterocycles. The van der Waals surface area contributed by atoms with E-state index >= 15 is 0 Å². The molecule has 1 fully saturated rings. The van der Waals surface area contributed by atoms with Crippen molar-refractivity contribution in [3.63, 3.8) is 0 Å². The van der Waals surface area contributed by atoms with Gasteiger partial charge in [0.1, 0.15) is 5.75 Å². The molecule has 1 atom stereocenters. The van der Waals surface area contributed by atoms with Crippen LogP contribution in [0.2, 0.25) is 0 Å². The number of ether oxygens (including phenoxy) is 1. The maximum Gasteiger partial charge on any atom is 0.243 e. The fourth-order valence-corrected chi connectivity index (χ4v) is 4.32. The Kier molecular flexibility index (Phi) is 5.31. The molecule has 1 aromatic carbocycles. The largest absolute Gasteiger partial charge is 0.491 e. The lowest BCUT2D eigenvalue weighted by atomic mass is 9.99. The summed E-state index contributed by atoms with van der Waals surface area (Å²) in [5, 5.41) is 0. The van der Waals surface area contributed by atoms with Crippen LogP contribution in [0.15, 0.2) is 23.1 Å². The molecule has 23 heavy (non-hydrogen) atoms. The minimum absolute atomic E-state index is 0.0228. The predicted octanol–water partition coefficient (Wildman–Crippen LogP) is 1.67. The molecule has 6 nitrogen and oxygen atoms in total. The third kappa shape index (κ3) is 4.03. The summed E-state index contributed by atoms with van der Waals surface area (Å²) in [5.41, 5.74) is 6.09. The summed E-state index contributed by atoms with van der Waals surface area (Å²) >= 11 is 0. The first-order chi connectivity index (χ1) is 10.7. The maximum atomic E-state index is 12.8. The van der Waals surface area contributed by atoms with E-state index in [0.29, 0.717) is 25.1 Å². The number of carbonyl (C=O) groups excluding carboxylic acids is 1. The van der Waals surface area contributed by atoms with Crippen LogP contribution in [-0.2, 0) is 14.8 Å². The van der Waals surface area contributed by atoms with Crippen molar-refractivity contribution < 1.29 is 17.9 Å². The van der Waals surface area contributed by atoms with Gasteiger partial charge in [0.05, 0.1) is 16.9 Å². The number of hydrogen-bond donors (Lipinski definition) is 1. The molecule has 128 valence electrons. The average Bonchev–Trinajstić information content (AvgIpc) is 2.49. The van der Waals surface area contributed by atoms with E-state index < -0.39 is 21.8 Å². The predicted molar refractivity (Wildman–Crippen MR) is 87.6 cm³/mol. The van der Waals surface area contributed by atoms with Crippen molar-refractivity contribution in [2.24, 2.45) is 11.7 Å². The van der Waals surface area contributed by atoms with Gasteiger partial charge in [-0.05, 0) is 57.4 Å². The number of sulfonamides is 1. The van der Waals surface area contributed by atoms with Crippen molar-refractivity contribution in [1.82, 2.24) is 4.31 Å². The standard InChI is InChI=1S/C16H24N2O4S/c1-11(2)22-15-7-6-14(9-12(15)3)23(20,21)18-8-4-5-13(10-18)16(17)19/h6-7,9,11,13H,4-5,8,10H2,1-3H3,(H2,17,19)/t13-/m1/s1. The van der Waals surface area contributed by atoms with E-state index in [9.17, 15) is 13.2 Å². The highest BCUT2D eigenvalue weighted by molar-refractivity contribution is 7.89. The normalized spacial score (nSPS) is 19.7. The number of nitrogens with two attached hydrogens (primary N) is 1. The zero-order chi connectivity index (χ0) is 17.2. The summed E-state index contributed by atoms with van der Waals surface area (Å²) in [5.74, 6) is -0.183. The van der Waals surface area contributed by atoms with Gasteiger partial charge in [-0.1, -0.05) is 0 Å². The third-order valence-corrected chi connectivity index (χ3v) is 5.79. The molecule has 7 heteroatoms. The van der Waals surface area contributed by atoms with Crippen molar-refractivity contribution in [2.45, 2.75) is 44.6 Å². The molecule has 0 radical (unpaired) electrons. The molecule has 1 aliphatic rings. The fourth-order valence-electron chi connectivity index (χ4n) is 2.71. The summed E-state index contributed by atoms with van der Waals surface area (Å²) < 4.78 is 32.5. The quantitative estimate of drug-likeness (QED) is 0.883.